The largest absolute Gasteiger partial charge is 0.405 e. The van der Waals surface area contributed by atoms with Crippen LogP contribution in [0.4, 0.5) is 13.2 Å². The lowest BCUT2D eigenvalue weighted by molar-refractivity contribution is -0.189. The van der Waals surface area contributed by atoms with Gasteiger partial charge in [-0.2, -0.15) is 13.2 Å². The van der Waals surface area contributed by atoms with Gasteiger partial charge in [0, 0.05) is 17.1 Å². The highest BCUT2D eigenvalue weighted by Crippen LogP contribution is 2.31. The predicted octanol–water partition coefficient (Wildman–Crippen LogP) is 3.61. The molecule has 0 bridgehead atoms. The van der Waals surface area contributed by atoms with Gasteiger partial charge in [-0.15, -0.1) is 0 Å². The quantitative estimate of drug-likeness (QED) is 0.919. The molecule has 1 aromatic rings. The van der Waals surface area contributed by atoms with E-state index < -0.39 is 24.3 Å². The van der Waals surface area contributed by atoms with Crippen LogP contribution in [0.25, 0.3) is 0 Å². The topological polar surface area (TPSA) is 29.3 Å². The zero-order chi connectivity index (χ0) is 14.8. The molecular weight excluding hydrogens is 277 g/mol. The summed E-state index contributed by atoms with van der Waals surface area (Å²) >= 11 is 5.77. The van der Waals surface area contributed by atoms with E-state index in [2.05, 4.69) is 0 Å². The van der Waals surface area contributed by atoms with Crippen LogP contribution in [0.15, 0.2) is 24.3 Å². The van der Waals surface area contributed by atoms with Gasteiger partial charge in [0.15, 0.2) is 0 Å². The van der Waals surface area contributed by atoms with Crippen molar-refractivity contribution in [1.82, 2.24) is 4.90 Å². The molecule has 108 valence electrons. The van der Waals surface area contributed by atoms with Gasteiger partial charge in [0.25, 0.3) is 0 Å². The van der Waals surface area contributed by atoms with Crippen LogP contribution in [0.1, 0.15) is 25.5 Å². The van der Waals surface area contributed by atoms with E-state index in [1.54, 1.807) is 31.2 Å². The number of hydrogen-bond donors (Lipinski definition) is 1. The molecule has 3 atom stereocenters. The number of benzene rings is 1. The molecule has 0 saturated heterocycles. The minimum Gasteiger partial charge on any atom is -0.326 e. The lowest BCUT2D eigenvalue weighted by Crippen LogP contribution is -2.54. The van der Waals surface area contributed by atoms with E-state index in [9.17, 15) is 13.2 Å². The molecule has 0 aliphatic carbocycles. The maximum atomic E-state index is 13.0. The van der Waals surface area contributed by atoms with Gasteiger partial charge in [-0.3, -0.25) is 4.90 Å². The van der Waals surface area contributed by atoms with Crippen molar-refractivity contribution in [2.75, 3.05) is 7.05 Å². The Kier molecular flexibility index (Phi) is 5.24. The molecule has 2 nitrogen and oxygen atoms in total. The number of nitrogens with zero attached hydrogens (tertiary/aromatic N) is 1. The van der Waals surface area contributed by atoms with Gasteiger partial charge < -0.3 is 5.73 Å². The summed E-state index contributed by atoms with van der Waals surface area (Å²) in [6.07, 6.45) is -4.36. The average Bonchev–Trinajstić information content (AvgIpc) is 2.26. The van der Waals surface area contributed by atoms with Crippen molar-refractivity contribution in [2.45, 2.75) is 38.1 Å². The second kappa shape index (κ2) is 6.11. The number of halogens is 4. The van der Waals surface area contributed by atoms with Crippen LogP contribution in [-0.4, -0.2) is 30.2 Å². The Balaban J connectivity index is 2.96. The summed E-state index contributed by atoms with van der Waals surface area (Å²) in [6, 6.07) is 3.68. The van der Waals surface area contributed by atoms with Crippen LogP contribution < -0.4 is 5.73 Å². The van der Waals surface area contributed by atoms with E-state index in [1.807, 2.05) is 0 Å². The fourth-order valence-electron chi connectivity index (χ4n) is 2.12. The Morgan fingerprint density at radius 2 is 1.63 bits per heavy atom. The minimum absolute atomic E-state index is 0.408. The Hall–Kier alpha value is -0.780. The smallest absolute Gasteiger partial charge is 0.326 e. The molecule has 0 aliphatic rings. The fraction of sp³-hybridized carbons (Fsp3) is 0.538. The van der Waals surface area contributed by atoms with Crippen molar-refractivity contribution in [3.05, 3.63) is 34.9 Å². The lowest BCUT2D eigenvalue weighted by atomic mass is 10.0. The maximum absolute atomic E-state index is 13.0. The van der Waals surface area contributed by atoms with Crippen molar-refractivity contribution < 1.29 is 13.2 Å². The standard InChI is InChI=1S/C13H18ClF3N2/c1-8(18)12(13(15,16)17)19(3)9(2)10-4-6-11(14)7-5-10/h4-9,12H,18H2,1-3H3. The molecule has 0 fully saturated rings. The molecule has 0 spiro atoms. The third-order valence-electron chi connectivity index (χ3n) is 3.24. The number of alkyl halides is 3. The summed E-state index contributed by atoms with van der Waals surface area (Å²) in [6.45, 7) is 3.08. The fourth-order valence-corrected chi connectivity index (χ4v) is 2.24. The normalized spacial score (nSPS) is 17.3. The molecular formula is C13H18ClF3N2. The Bertz CT molecular complexity index is 403. The first-order valence-electron chi connectivity index (χ1n) is 5.94. The molecule has 0 radical (unpaired) electrons. The molecule has 3 unspecified atom stereocenters. The predicted molar refractivity (Wildman–Crippen MR) is 71.1 cm³/mol. The lowest BCUT2D eigenvalue weighted by Gasteiger charge is -2.36. The number of likely N-dealkylation sites (N-methyl/N-ethyl adjacent to an activating group) is 1. The molecule has 0 saturated carbocycles. The first kappa shape index (κ1) is 16.3. The first-order chi connectivity index (χ1) is 8.64. The molecule has 1 aromatic carbocycles. The third kappa shape index (κ3) is 4.09. The van der Waals surface area contributed by atoms with Crippen LogP contribution in [0, 0.1) is 0 Å². The first-order valence-corrected chi connectivity index (χ1v) is 6.32. The molecule has 19 heavy (non-hydrogen) atoms. The summed E-state index contributed by atoms with van der Waals surface area (Å²) in [4.78, 5) is 1.24. The number of nitrogens with two attached hydrogens (primary N) is 1. The molecule has 0 amide bonds. The average molecular weight is 295 g/mol. The summed E-state index contributed by atoms with van der Waals surface area (Å²) in [5.74, 6) is 0. The van der Waals surface area contributed by atoms with Gasteiger partial charge in [0.2, 0.25) is 0 Å². The second-order valence-corrected chi connectivity index (χ2v) is 5.17. The third-order valence-corrected chi connectivity index (χ3v) is 3.49. The summed E-state index contributed by atoms with van der Waals surface area (Å²) in [7, 11) is 1.43. The molecule has 0 heterocycles. The van der Waals surface area contributed by atoms with Crippen LogP contribution in [0.2, 0.25) is 5.02 Å². The van der Waals surface area contributed by atoms with Gasteiger partial charge in [-0.1, -0.05) is 23.7 Å². The van der Waals surface area contributed by atoms with E-state index in [1.165, 1.54) is 18.9 Å². The van der Waals surface area contributed by atoms with Crippen molar-refractivity contribution in [2.24, 2.45) is 5.73 Å². The SMILES string of the molecule is CC(N)C(N(C)C(C)c1ccc(Cl)cc1)C(F)(F)F. The van der Waals surface area contributed by atoms with Crippen molar-refractivity contribution >= 4 is 11.6 Å². The number of rotatable bonds is 4. The second-order valence-electron chi connectivity index (χ2n) is 4.74. The van der Waals surface area contributed by atoms with E-state index in [-0.39, 0.29) is 0 Å². The Morgan fingerprint density at radius 3 is 2.00 bits per heavy atom. The van der Waals surface area contributed by atoms with Crippen molar-refractivity contribution in [3.8, 4) is 0 Å². The molecule has 0 aromatic heterocycles. The highest BCUT2D eigenvalue weighted by atomic mass is 35.5. The Morgan fingerprint density at radius 1 is 1.16 bits per heavy atom. The number of hydrogen-bond acceptors (Lipinski definition) is 2. The summed E-state index contributed by atoms with van der Waals surface area (Å²) in [5.41, 5.74) is 6.25. The summed E-state index contributed by atoms with van der Waals surface area (Å²) in [5, 5.41) is 0.554. The monoisotopic (exact) mass is 294 g/mol. The minimum atomic E-state index is -4.36. The zero-order valence-corrected chi connectivity index (χ0v) is 11.8. The zero-order valence-electron chi connectivity index (χ0n) is 11.1. The van der Waals surface area contributed by atoms with Crippen LogP contribution >= 0.6 is 11.6 Å². The van der Waals surface area contributed by atoms with Crippen molar-refractivity contribution in [3.63, 3.8) is 0 Å². The van der Waals surface area contributed by atoms with E-state index >= 15 is 0 Å². The van der Waals surface area contributed by atoms with Gasteiger partial charge in [-0.25, -0.2) is 0 Å². The van der Waals surface area contributed by atoms with E-state index in [0.717, 1.165) is 5.56 Å². The van der Waals surface area contributed by atoms with E-state index in [0.29, 0.717) is 5.02 Å². The van der Waals surface area contributed by atoms with Gasteiger partial charge in [-0.05, 0) is 38.6 Å². The van der Waals surface area contributed by atoms with Crippen LogP contribution in [0.5, 0.6) is 0 Å². The van der Waals surface area contributed by atoms with Gasteiger partial charge in [0.05, 0.1) is 0 Å². The molecule has 0 aliphatic heterocycles. The highest BCUT2D eigenvalue weighted by molar-refractivity contribution is 6.30. The van der Waals surface area contributed by atoms with Crippen LogP contribution in [-0.2, 0) is 0 Å². The van der Waals surface area contributed by atoms with Crippen molar-refractivity contribution in [1.29, 1.82) is 0 Å². The summed E-state index contributed by atoms with van der Waals surface area (Å²) < 4.78 is 39.1. The molecule has 6 heteroatoms. The maximum Gasteiger partial charge on any atom is 0.405 e. The van der Waals surface area contributed by atoms with Gasteiger partial charge in [0.1, 0.15) is 6.04 Å². The van der Waals surface area contributed by atoms with Crippen LogP contribution in [0.3, 0.4) is 0 Å². The van der Waals surface area contributed by atoms with E-state index in [4.69, 9.17) is 17.3 Å². The van der Waals surface area contributed by atoms with Gasteiger partial charge >= 0.3 is 6.18 Å². The molecule has 2 N–H and O–H groups in total. The Labute approximate surface area is 116 Å². The molecule has 1 rings (SSSR count). The highest BCUT2D eigenvalue weighted by Gasteiger charge is 2.45.